The van der Waals surface area contributed by atoms with Gasteiger partial charge in [0.25, 0.3) is 0 Å². The van der Waals surface area contributed by atoms with Crippen molar-refractivity contribution < 1.29 is 4.21 Å². The van der Waals surface area contributed by atoms with Crippen LogP contribution in [0.1, 0.15) is 5.56 Å². The largest absolute Gasteiger partial charge is 0.254 e. The van der Waals surface area contributed by atoms with Crippen LogP contribution in [-0.2, 0) is 10.8 Å². The molecule has 3 aromatic carbocycles. The second kappa shape index (κ2) is 6.51. The summed E-state index contributed by atoms with van der Waals surface area (Å²) in [5.74, 6) is 0.535. The Morgan fingerprint density at radius 2 is 1.52 bits per heavy atom. The Labute approximate surface area is 127 Å². The molecule has 0 aliphatic heterocycles. The van der Waals surface area contributed by atoms with Gasteiger partial charge in [0.05, 0.1) is 10.8 Å². The Balaban J connectivity index is 1.73. The molecule has 0 fully saturated rings. The topological polar surface area (TPSA) is 17.1 Å². The first-order valence-electron chi connectivity index (χ1n) is 6.92. The van der Waals surface area contributed by atoms with Crippen LogP contribution < -0.4 is 0 Å². The quantitative estimate of drug-likeness (QED) is 0.683. The molecular weight excluding hydrogens is 276 g/mol. The highest BCUT2D eigenvalue weighted by Gasteiger charge is 2.02. The minimum Gasteiger partial charge on any atom is -0.254 e. The molecular formula is C19H16OS. The van der Waals surface area contributed by atoms with Crippen molar-refractivity contribution in [3.05, 3.63) is 84.4 Å². The molecule has 0 spiro atoms. The molecule has 1 nitrogen and oxygen atoms in total. The van der Waals surface area contributed by atoms with Crippen LogP contribution in [0.2, 0.25) is 0 Å². The predicted molar refractivity (Wildman–Crippen MR) is 90.7 cm³/mol. The lowest BCUT2D eigenvalue weighted by Crippen LogP contribution is -1.95. The molecule has 104 valence electrons. The summed E-state index contributed by atoms with van der Waals surface area (Å²) < 4.78 is 12.3. The highest BCUT2D eigenvalue weighted by molar-refractivity contribution is 7.85. The van der Waals surface area contributed by atoms with Gasteiger partial charge in [-0.1, -0.05) is 72.8 Å². The van der Waals surface area contributed by atoms with Crippen LogP contribution in [0.15, 0.2) is 83.8 Å². The predicted octanol–water partition coefficient (Wildman–Crippen LogP) is 4.66. The summed E-state index contributed by atoms with van der Waals surface area (Å²) in [4.78, 5) is 0.881. The van der Waals surface area contributed by atoms with Crippen LogP contribution in [0.3, 0.4) is 0 Å². The summed E-state index contributed by atoms with van der Waals surface area (Å²) in [6.45, 7) is 0. The zero-order chi connectivity index (χ0) is 14.5. The molecule has 1 atom stereocenters. The molecule has 0 aromatic heterocycles. The van der Waals surface area contributed by atoms with Crippen LogP contribution in [0.4, 0.5) is 0 Å². The lowest BCUT2D eigenvalue weighted by Gasteiger charge is -2.02. The van der Waals surface area contributed by atoms with E-state index >= 15 is 0 Å². The Kier molecular flexibility index (Phi) is 4.27. The highest BCUT2D eigenvalue weighted by Crippen LogP contribution is 2.18. The minimum atomic E-state index is -1.000. The number of rotatable bonds is 4. The average molecular weight is 292 g/mol. The molecule has 0 saturated heterocycles. The fourth-order valence-electron chi connectivity index (χ4n) is 2.24. The van der Waals surface area contributed by atoms with Crippen molar-refractivity contribution in [3.8, 4) is 0 Å². The van der Waals surface area contributed by atoms with Gasteiger partial charge in [-0.25, -0.2) is 0 Å². The van der Waals surface area contributed by atoms with Gasteiger partial charge in [-0.15, -0.1) is 0 Å². The van der Waals surface area contributed by atoms with Crippen LogP contribution in [0.5, 0.6) is 0 Å². The molecule has 0 heterocycles. The third-order valence-corrected chi connectivity index (χ3v) is 4.62. The fourth-order valence-corrected chi connectivity index (χ4v) is 3.18. The van der Waals surface area contributed by atoms with Gasteiger partial charge >= 0.3 is 0 Å². The zero-order valence-electron chi connectivity index (χ0n) is 11.6. The zero-order valence-corrected chi connectivity index (χ0v) is 12.4. The fraction of sp³-hybridized carbons (Fsp3) is 0.0526. The first-order chi connectivity index (χ1) is 10.3. The monoisotopic (exact) mass is 292 g/mol. The normalized spacial score (nSPS) is 12.8. The van der Waals surface area contributed by atoms with E-state index < -0.39 is 10.8 Å². The minimum absolute atomic E-state index is 0.535. The molecule has 3 rings (SSSR count). The van der Waals surface area contributed by atoms with Gasteiger partial charge in [-0.2, -0.15) is 0 Å². The van der Waals surface area contributed by atoms with E-state index in [4.69, 9.17) is 0 Å². The van der Waals surface area contributed by atoms with Crippen molar-refractivity contribution in [2.24, 2.45) is 0 Å². The van der Waals surface area contributed by atoms with Gasteiger partial charge in [0.15, 0.2) is 0 Å². The molecule has 0 aliphatic carbocycles. The van der Waals surface area contributed by atoms with Crippen LogP contribution in [0.25, 0.3) is 16.8 Å². The molecule has 2 heteroatoms. The van der Waals surface area contributed by atoms with Crippen molar-refractivity contribution in [2.75, 3.05) is 5.75 Å². The van der Waals surface area contributed by atoms with Crippen molar-refractivity contribution in [3.63, 3.8) is 0 Å². The molecule has 0 radical (unpaired) electrons. The number of benzene rings is 3. The van der Waals surface area contributed by atoms with Crippen molar-refractivity contribution in [2.45, 2.75) is 4.90 Å². The van der Waals surface area contributed by atoms with E-state index in [1.54, 1.807) is 0 Å². The van der Waals surface area contributed by atoms with Gasteiger partial charge in [-0.05, 0) is 28.5 Å². The Morgan fingerprint density at radius 3 is 2.33 bits per heavy atom. The summed E-state index contributed by atoms with van der Waals surface area (Å²) >= 11 is 0. The molecule has 3 aromatic rings. The summed E-state index contributed by atoms with van der Waals surface area (Å²) in [5.41, 5.74) is 1.13. The molecule has 0 bridgehead atoms. The second-order valence-electron chi connectivity index (χ2n) is 4.83. The van der Waals surface area contributed by atoms with Crippen LogP contribution in [-0.4, -0.2) is 9.96 Å². The van der Waals surface area contributed by atoms with E-state index in [0.717, 1.165) is 15.8 Å². The van der Waals surface area contributed by atoms with Gasteiger partial charge in [-0.3, -0.25) is 4.21 Å². The molecule has 0 saturated carbocycles. The maximum atomic E-state index is 12.3. The Bertz CT molecular complexity index is 791. The van der Waals surface area contributed by atoms with E-state index in [1.165, 1.54) is 5.39 Å². The molecule has 0 N–H and O–H groups in total. The molecule has 0 amide bonds. The number of fused-ring (bicyclic) bond motifs is 1. The number of hydrogen-bond donors (Lipinski definition) is 0. The van der Waals surface area contributed by atoms with E-state index in [9.17, 15) is 4.21 Å². The standard InChI is InChI=1S/C19H16OS/c20-21(14-6-9-16-7-2-1-3-8-16)19-13-12-17-10-4-5-11-18(17)15-19/h1-13,15H,14H2/b9-6+. The summed E-state index contributed by atoms with van der Waals surface area (Å²) in [6.07, 6.45) is 3.99. The summed E-state index contributed by atoms with van der Waals surface area (Å²) in [6, 6.07) is 24.2. The SMILES string of the molecule is O=S(C/C=C/c1ccccc1)c1ccc2ccccc2c1. The molecule has 0 aliphatic rings. The molecule has 1 unspecified atom stereocenters. The van der Waals surface area contributed by atoms with Crippen LogP contribution >= 0.6 is 0 Å². The lowest BCUT2D eigenvalue weighted by atomic mass is 10.1. The van der Waals surface area contributed by atoms with Gasteiger partial charge < -0.3 is 0 Å². The first-order valence-corrected chi connectivity index (χ1v) is 8.23. The van der Waals surface area contributed by atoms with E-state index in [2.05, 4.69) is 12.1 Å². The lowest BCUT2D eigenvalue weighted by molar-refractivity contribution is 0.685. The average Bonchev–Trinajstić information content (AvgIpc) is 2.55. The number of hydrogen-bond acceptors (Lipinski definition) is 1. The van der Waals surface area contributed by atoms with Gasteiger partial charge in [0, 0.05) is 10.6 Å². The van der Waals surface area contributed by atoms with Gasteiger partial charge in [0.1, 0.15) is 0 Å². The van der Waals surface area contributed by atoms with Gasteiger partial charge in [0.2, 0.25) is 0 Å². The second-order valence-corrected chi connectivity index (χ2v) is 6.33. The van der Waals surface area contributed by atoms with E-state index in [1.807, 2.05) is 72.8 Å². The Hall–Kier alpha value is -2.19. The summed E-state index contributed by atoms with van der Waals surface area (Å²) in [5, 5.41) is 2.31. The van der Waals surface area contributed by atoms with Crippen molar-refractivity contribution >= 4 is 27.6 Å². The first kappa shape index (κ1) is 13.8. The molecule has 21 heavy (non-hydrogen) atoms. The van der Waals surface area contributed by atoms with Crippen molar-refractivity contribution in [1.82, 2.24) is 0 Å². The Morgan fingerprint density at radius 1 is 0.810 bits per heavy atom. The van der Waals surface area contributed by atoms with E-state index in [0.29, 0.717) is 5.75 Å². The third-order valence-electron chi connectivity index (χ3n) is 3.34. The van der Waals surface area contributed by atoms with Crippen LogP contribution in [0, 0.1) is 0 Å². The van der Waals surface area contributed by atoms with E-state index in [-0.39, 0.29) is 0 Å². The van der Waals surface area contributed by atoms with Crippen molar-refractivity contribution in [1.29, 1.82) is 0 Å². The maximum Gasteiger partial charge on any atom is 0.0568 e. The maximum absolute atomic E-state index is 12.3. The third kappa shape index (κ3) is 3.47. The summed E-state index contributed by atoms with van der Waals surface area (Å²) in [7, 11) is -1.000. The smallest absolute Gasteiger partial charge is 0.0568 e. The highest BCUT2D eigenvalue weighted by atomic mass is 32.2.